The molecule has 0 amide bonds. The molecular formula is C16H20N2S. The highest BCUT2D eigenvalue weighted by molar-refractivity contribution is 7.09. The van der Waals surface area contributed by atoms with Crippen LogP contribution in [0, 0.1) is 6.92 Å². The summed E-state index contributed by atoms with van der Waals surface area (Å²) in [4.78, 5) is 4.76. The van der Waals surface area contributed by atoms with Gasteiger partial charge in [-0.3, -0.25) is 0 Å². The fourth-order valence-corrected chi connectivity index (χ4v) is 4.02. The molecule has 0 radical (unpaired) electrons. The molecule has 0 bridgehead atoms. The molecule has 0 aliphatic heterocycles. The van der Waals surface area contributed by atoms with Gasteiger partial charge in [0.25, 0.3) is 0 Å². The summed E-state index contributed by atoms with van der Waals surface area (Å²) in [6.45, 7) is 6.50. The van der Waals surface area contributed by atoms with Gasteiger partial charge in [0.05, 0.1) is 5.54 Å². The number of hydrogen-bond acceptors (Lipinski definition) is 3. The molecule has 100 valence electrons. The van der Waals surface area contributed by atoms with Gasteiger partial charge in [0.1, 0.15) is 5.01 Å². The van der Waals surface area contributed by atoms with E-state index in [9.17, 15) is 0 Å². The maximum Gasteiger partial charge on any atom is 0.114 e. The van der Waals surface area contributed by atoms with Gasteiger partial charge in [-0.05, 0) is 44.7 Å². The molecular weight excluding hydrogens is 252 g/mol. The van der Waals surface area contributed by atoms with Gasteiger partial charge < -0.3 is 5.32 Å². The Morgan fingerprint density at radius 3 is 2.32 bits per heavy atom. The third-order valence-electron chi connectivity index (χ3n) is 3.70. The number of benzene rings is 1. The predicted molar refractivity (Wildman–Crippen MR) is 80.7 cm³/mol. The fraction of sp³-hybridized carbons (Fsp3) is 0.438. The molecule has 1 aromatic heterocycles. The lowest BCUT2D eigenvalue weighted by Gasteiger charge is -2.30. The van der Waals surface area contributed by atoms with E-state index in [2.05, 4.69) is 55.7 Å². The fourth-order valence-electron chi connectivity index (χ4n) is 3.06. The minimum atomic E-state index is -0.00319. The molecule has 19 heavy (non-hydrogen) atoms. The standard InChI is InChI=1S/C16H20N2S/c1-11(2)18-16(15-17-12(3)10-19-15)8-13-6-4-5-7-14(13)9-16/h4-7,10-11,18H,8-9H2,1-3H3. The van der Waals surface area contributed by atoms with Crippen molar-refractivity contribution in [2.45, 2.75) is 45.2 Å². The first-order valence-corrected chi connectivity index (χ1v) is 7.74. The Kier molecular flexibility index (Phi) is 3.19. The summed E-state index contributed by atoms with van der Waals surface area (Å²) >= 11 is 1.78. The Balaban J connectivity index is 2.01. The van der Waals surface area contributed by atoms with Crippen LogP contribution in [-0.4, -0.2) is 11.0 Å². The number of aromatic nitrogens is 1. The topological polar surface area (TPSA) is 24.9 Å². The molecule has 0 fully saturated rings. The maximum atomic E-state index is 4.76. The van der Waals surface area contributed by atoms with Crippen LogP contribution in [0.1, 0.15) is 35.7 Å². The van der Waals surface area contributed by atoms with E-state index in [-0.39, 0.29) is 5.54 Å². The Labute approximate surface area is 118 Å². The summed E-state index contributed by atoms with van der Waals surface area (Å²) in [6, 6.07) is 9.23. The molecule has 2 nitrogen and oxygen atoms in total. The van der Waals surface area contributed by atoms with Gasteiger partial charge in [-0.2, -0.15) is 0 Å². The summed E-state index contributed by atoms with van der Waals surface area (Å²) < 4.78 is 0. The smallest absolute Gasteiger partial charge is 0.114 e. The van der Waals surface area contributed by atoms with Crippen molar-refractivity contribution in [1.29, 1.82) is 0 Å². The molecule has 1 heterocycles. The van der Waals surface area contributed by atoms with Crippen LogP contribution in [0.2, 0.25) is 0 Å². The van der Waals surface area contributed by atoms with Crippen molar-refractivity contribution in [3.05, 3.63) is 51.5 Å². The number of rotatable bonds is 3. The van der Waals surface area contributed by atoms with Crippen LogP contribution < -0.4 is 5.32 Å². The van der Waals surface area contributed by atoms with Crippen molar-refractivity contribution in [3.8, 4) is 0 Å². The first-order chi connectivity index (χ1) is 9.09. The van der Waals surface area contributed by atoms with Gasteiger partial charge in [0, 0.05) is 17.1 Å². The second-order valence-electron chi connectivity index (χ2n) is 5.80. The van der Waals surface area contributed by atoms with Gasteiger partial charge in [-0.1, -0.05) is 24.3 Å². The van der Waals surface area contributed by atoms with Gasteiger partial charge in [0.2, 0.25) is 0 Å². The highest BCUT2D eigenvalue weighted by Crippen LogP contribution is 2.39. The van der Waals surface area contributed by atoms with Gasteiger partial charge in [0.15, 0.2) is 0 Å². The largest absolute Gasteiger partial charge is 0.303 e. The lowest BCUT2D eigenvalue weighted by Crippen LogP contribution is -2.46. The number of thiazole rings is 1. The average molecular weight is 272 g/mol. The van der Waals surface area contributed by atoms with Crippen LogP contribution in [0.25, 0.3) is 0 Å². The number of fused-ring (bicyclic) bond motifs is 1. The Morgan fingerprint density at radius 2 is 1.84 bits per heavy atom. The van der Waals surface area contributed by atoms with Crippen molar-refractivity contribution < 1.29 is 0 Å². The van der Waals surface area contributed by atoms with Crippen molar-refractivity contribution in [2.24, 2.45) is 0 Å². The third-order valence-corrected chi connectivity index (χ3v) is 4.86. The van der Waals surface area contributed by atoms with Crippen molar-refractivity contribution in [3.63, 3.8) is 0 Å². The SMILES string of the molecule is Cc1csc(C2(NC(C)C)Cc3ccccc3C2)n1. The molecule has 0 saturated heterocycles. The van der Waals surface area contributed by atoms with Crippen LogP contribution in [0.5, 0.6) is 0 Å². The Morgan fingerprint density at radius 1 is 1.21 bits per heavy atom. The van der Waals surface area contributed by atoms with E-state index in [1.807, 2.05) is 0 Å². The second kappa shape index (κ2) is 4.73. The van der Waals surface area contributed by atoms with Gasteiger partial charge in [-0.25, -0.2) is 4.98 Å². The highest BCUT2D eigenvalue weighted by Gasteiger charge is 2.41. The molecule has 3 heteroatoms. The zero-order valence-electron chi connectivity index (χ0n) is 11.7. The average Bonchev–Trinajstić information content (AvgIpc) is 2.92. The highest BCUT2D eigenvalue weighted by atomic mass is 32.1. The summed E-state index contributed by atoms with van der Waals surface area (Å²) in [5.41, 5.74) is 4.05. The zero-order chi connectivity index (χ0) is 13.5. The third kappa shape index (κ3) is 2.33. The minimum Gasteiger partial charge on any atom is -0.303 e. The maximum absolute atomic E-state index is 4.76. The van der Waals surface area contributed by atoms with Gasteiger partial charge in [-0.15, -0.1) is 11.3 Å². The molecule has 1 N–H and O–H groups in total. The van der Waals surface area contributed by atoms with Crippen LogP contribution >= 0.6 is 11.3 Å². The van der Waals surface area contributed by atoms with E-state index >= 15 is 0 Å². The molecule has 0 atom stereocenters. The van der Waals surface area contributed by atoms with Crippen LogP contribution in [0.3, 0.4) is 0 Å². The summed E-state index contributed by atoms with van der Waals surface area (Å²) in [6.07, 6.45) is 2.10. The quantitative estimate of drug-likeness (QED) is 0.926. The lowest BCUT2D eigenvalue weighted by atomic mass is 9.95. The molecule has 3 rings (SSSR count). The number of nitrogens with zero attached hydrogens (tertiary/aromatic N) is 1. The molecule has 1 aliphatic carbocycles. The molecule has 2 aromatic rings. The van der Waals surface area contributed by atoms with E-state index in [1.54, 1.807) is 11.3 Å². The van der Waals surface area contributed by atoms with Crippen LogP contribution in [-0.2, 0) is 18.4 Å². The predicted octanol–water partition coefficient (Wildman–Crippen LogP) is 3.44. The molecule has 1 aliphatic rings. The van der Waals surface area contributed by atoms with Crippen molar-refractivity contribution in [1.82, 2.24) is 10.3 Å². The van der Waals surface area contributed by atoms with E-state index in [4.69, 9.17) is 4.98 Å². The van der Waals surface area contributed by atoms with E-state index in [0.717, 1.165) is 18.5 Å². The summed E-state index contributed by atoms with van der Waals surface area (Å²) in [7, 11) is 0. The molecule has 0 unspecified atom stereocenters. The second-order valence-corrected chi connectivity index (χ2v) is 6.66. The summed E-state index contributed by atoms with van der Waals surface area (Å²) in [5, 5.41) is 7.17. The molecule has 0 spiro atoms. The number of hydrogen-bond donors (Lipinski definition) is 1. The molecule has 0 saturated carbocycles. The Hall–Kier alpha value is -1.19. The Bertz CT molecular complexity index is 561. The summed E-state index contributed by atoms with van der Waals surface area (Å²) in [5.74, 6) is 0. The monoisotopic (exact) mass is 272 g/mol. The van der Waals surface area contributed by atoms with Crippen molar-refractivity contribution in [2.75, 3.05) is 0 Å². The number of nitrogens with one attached hydrogen (secondary N) is 1. The zero-order valence-corrected chi connectivity index (χ0v) is 12.6. The first kappa shape index (κ1) is 12.8. The molecule has 1 aromatic carbocycles. The lowest BCUT2D eigenvalue weighted by molar-refractivity contribution is 0.317. The normalized spacial score (nSPS) is 16.8. The number of aryl methyl sites for hydroxylation is 1. The van der Waals surface area contributed by atoms with Crippen LogP contribution in [0.15, 0.2) is 29.6 Å². The van der Waals surface area contributed by atoms with Crippen LogP contribution in [0.4, 0.5) is 0 Å². The van der Waals surface area contributed by atoms with E-state index in [1.165, 1.54) is 16.1 Å². The minimum absolute atomic E-state index is 0.00319. The first-order valence-electron chi connectivity index (χ1n) is 6.86. The van der Waals surface area contributed by atoms with E-state index in [0.29, 0.717) is 6.04 Å². The van der Waals surface area contributed by atoms with Gasteiger partial charge >= 0.3 is 0 Å². The van der Waals surface area contributed by atoms with Crippen molar-refractivity contribution >= 4 is 11.3 Å². The van der Waals surface area contributed by atoms with E-state index < -0.39 is 0 Å².